The number of urea groups is 1. The van der Waals surface area contributed by atoms with E-state index >= 15 is 0 Å². The lowest BCUT2D eigenvalue weighted by molar-refractivity contribution is 0.251. The zero-order valence-corrected chi connectivity index (χ0v) is 9.57. The third-order valence-corrected chi connectivity index (χ3v) is 2.78. The summed E-state index contributed by atoms with van der Waals surface area (Å²) in [5.74, 6) is 0.139. The second kappa shape index (κ2) is 5.54. The molecule has 2 rings (SSSR count). The smallest absolute Gasteiger partial charge is 0.319 e. The van der Waals surface area contributed by atoms with Crippen molar-refractivity contribution < 1.29 is 9.90 Å². The Hall–Kier alpha value is -1.75. The Kier molecular flexibility index (Phi) is 3.82. The number of hydrogen-bond acceptors (Lipinski definition) is 3. The molecule has 1 aliphatic heterocycles. The lowest BCUT2D eigenvalue weighted by atomic mass is 10.2. The van der Waals surface area contributed by atoms with Crippen LogP contribution >= 0.6 is 0 Å². The molecule has 2 amide bonds. The summed E-state index contributed by atoms with van der Waals surface area (Å²) < 4.78 is 0. The van der Waals surface area contributed by atoms with Crippen LogP contribution in [-0.4, -0.2) is 30.3 Å². The molecule has 0 saturated carbocycles. The average Bonchev–Trinajstić information content (AvgIpc) is 2.79. The maximum absolute atomic E-state index is 11.5. The van der Waals surface area contributed by atoms with Gasteiger partial charge >= 0.3 is 6.03 Å². The molecule has 1 aromatic rings. The van der Waals surface area contributed by atoms with Gasteiger partial charge < -0.3 is 21.1 Å². The molecule has 1 atom stereocenters. The topological polar surface area (TPSA) is 73.4 Å². The van der Waals surface area contributed by atoms with Gasteiger partial charge in [-0.25, -0.2) is 4.79 Å². The minimum atomic E-state index is -0.246. The fourth-order valence-corrected chi connectivity index (χ4v) is 1.91. The SMILES string of the molecule is O=C(NCC1CCCN1)Nc1cccc(O)c1. The lowest BCUT2D eigenvalue weighted by Gasteiger charge is -2.12. The highest BCUT2D eigenvalue weighted by atomic mass is 16.3. The Morgan fingerprint density at radius 2 is 2.41 bits per heavy atom. The lowest BCUT2D eigenvalue weighted by Crippen LogP contribution is -2.39. The van der Waals surface area contributed by atoms with Crippen LogP contribution in [0.4, 0.5) is 10.5 Å². The van der Waals surface area contributed by atoms with E-state index in [1.54, 1.807) is 18.2 Å². The van der Waals surface area contributed by atoms with E-state index in [1.807, 2.05) is 0 Å². The van der Waals surface area contributed by atoms with Crippen molar-refractivity contribution in [2.75, 3.05) is 18.4 Å². The van der Waals surface area contributed by atoms with Crippen molar-refractivity contribution in [3.63, 3.8) is 0 Å². The highest BCUT2D eigenvalue weighted by Gasteiger charge is 2.14. The highest BCUT2D eigenvalue weighted by molar-refractivity contribution is 5.89. The van der Waals surface area contributed by atoms with Crippen LogP contribution < -0.4 is 16.0 Å². The molecule has 0 bridgehead atoms. The minimum Gasteiger partial charge on any atom is -0.508 e. The van der Waals surface area contributed by atoms with Crippen molar-refractivity contribution in [2.24, 2.45) is 0 Å². The van der Waals surface area contributed by atoms with E-state index in [1.165, 1.54) is 12.5 Å². The van der Waals surface area contributed by atoms with E-state index in [-0.39, 0.29) is 11.8 Å². The molecule has 4 N–H and O–H groups in total. The summed E-state index contributed by atoms with van der Waals surface area (Å²) in [5, 5.41) is 18.0. The van der Waals surface area contributed by atoms with E-state index < -0.39 is 0 Å². The quantitative estimate of drug-likeness (QED) is 0.637. The van der Waals surface area contributed by atoms with Gasteiger partial charge in [0.15, 0.2) is 0 Å². The first-order chi connectivity index (χ1) is 8.24. The van der Waals surface area contributed by atoms with Gasteiger partial charge in [0.2, 0.25) is 0 Å². The summed E-state index contributed by atoms with van der Waals surface area (Å²) >= 11 is 0. The van der Waals surface area contributed by atoms with Crippen LogP contribution in [0.2, 0.25) is 0 Å². The Bertz CT molecular complexity index is 389. The number of aromatic hydroxyl groups is 1. The van der Waals surface area contributed by atoms with Crippen LogP contribution in [0.3, 0.4) is 0 Å². The van der Waals surface area contributed by atoms with Crippen LogP contribution in [0, 0.1) is 0 Å². The Balaban J connectivity index is 1.76. The van der Waals surface area contributed by atoms with Crippen molar-refractivity contribution in [2.45, 2.75) is 18.9 Å². The number of phenols is 1. The molecule has 0 radical (unpaired) electrons. The normalized spacial score (nSPS) is 18.9. The fraction of sp³-hybridized carbons (Fsp3) is 0.417. The molecule has 1 fully saturated rings. The van der Waals surface area contributed by atoms with Crippen LogP contribution in [0.5, 0.6) is 5.75 Å². The third kappa shape index (κ3) is 3.64. The van der Waals surface area contributed by atoms with E-state index in [4.69, 9.17) is 0 Å². The summed E-state index contributed by atoms with van der Waals surface area (Å²) in [6.07, 6.45) is 2.27. The molecule has 1 aliphatic rings. The summed E-state index contributed by atoms with van der Waals surface area (Å²) in [5.41, 5.74) is 0.585. The molecule has 17 heavy (non-hydrogen) atoms. The number of carbonyl (C=O) groups is 1. The largest absolute Gasteiger partial charge is 0.508 e. The molecule has 0 aromatic heterocycles. The molecule has 0 aliphatic carbocycles. The van der Waals surface area contributed by atoms with Gasteiger partial charge in [-0.1, -0.05) is 6.07 Å². The van der Waals surface area contributed by atoms with E-state index in [0.717, 1.165) is 13.0 Å². The van der Waals surface area contributed by atoms with Crippen molar-refractivity contribution in [1.82, 2.24) is 10.6 Å². The predicted octanol–water partition coefficient (Wildman–Crippen LogP) is 1.27. The Labute approximate surface area is 100 Å². The van der Waals surface area contributed by atoms with E-state index in [9.17, 15) is 9.90 Å². The number of carbonyl (C=O) groups excluding carboxylic acids is 1. The molecule has 1 heterocycles. The summed E-state index contributed by atoms with van der Waals surface area (Å²) in [6, 6.07) is 6.62. The number of rotatable bonds is 3. The van der Waals surface area contributed by atoms with Gasteiger partial charge in [-0.05, 0) is 31.5 Å². The molecular weight excluding hydrogens is 218 g/mol. The summed E-state index contributed by atoms with van der Waals surface area (Å²) in [6.45, 7) is 1.66. The molecule has 1 unspecified atom stereocenters. The van der Waals surface area contributed by atoms with Crippen LogP contribution in [0.1, 0.15) is 12.8 Å². The second-order valence-electron chi connectivity index (χ2n) is 4.18. The van der Waals surface area contributed by atoms with Gasteiger partial charge in [0.05, 0.1) is 0 Å². The number of amides is 2. The highest BCUT2D eigenvalue weighted by Crippen LogP contribution is 2.14. The molecule has 1 saturated heterocycles. The van der Waals surface area contributed by atoms with Gasteiger partial charge in [-0.15, -0.1) is 0 Å². The number of nitrogens with one attached hydrogen (secondary N) is 3. The zero-order valence-electron chi connectivity index (χ0n) is 9.57. The van der Waals surface area contributed by atoms with Crippen molar-refractivity contribution >= 4 is 11.7 Å². The summed E-state index contributed by atoms with van der Waals surface area (Å²) in [4.78, 5) is 11.5. The van der Waals surface area contributed by atoms with Gasteiger partial charge in [0, 0.05) is 24.3 Å². The van der Waals surface area contributed by atoms with Crippen LogP contribution in [0.25, 0.3) is 0 Å². The number of phenolic OH excluding ortho intramolecular Hbond substituents is 1. The van der Waals surface area contributed by atoms with Crippen molar-refractivity contribution in [3.8, 4) is 5.75 Å². The maximum Gasteiger partial charge on any atom is 0.319 e. The Morgan fingerprint density at radius 3 is 3.12 bits per heavy atom. The molecule has 5 nitrogen and oxygen atoms in total. The second-order valence-corrected chi connectivity index (χ2v) is 4.18. The molecule has 0 spiro atoms. The van der Waals surface area contributed by atoms with Crippen molar-refractivity contribution in [3.05, 3.63) is 24.3 Å². The monoisotopic (exact) mass is 235 g/mol. The number of anilines is 1. The molecule has 92 valence electrons. The number of benzene rings is 1. The van der Waals surface area contributed by atoms with Gasteiger partial charge in [0.25, 0.3) is 0 Å². The van der Waals surface area contributed by atoms with Crippen LogP contribution in [-0.2, 0) is 0 Å². The first-order valence-electron chi connectivity index (χ1n) is 5.81. The van der Waals surface area contributed by atoms with Gasteiger partial charge in [-0.2, -0.15) is 0 Å². The third-order valence-electron chi connectivity index (χ3n) is 2.78. The molecule has 5 heteroatoms. The van der Waals surface area contributed by atoms with Gasteiger partial charge in [-0.3, -0.25) is 0 Å². The van der Waals surface area contributed by atoms with Crippen LogP contribution in [0.15, 0.2) is 24.3 Å². The summed E-state index contributed by atoms with van der Waals surface area (Å²) in [7, 11) is 0. The van der Waals surface area contributed by atoms with Gasteiger partial charge in [0.1, 0.15) is 5.75 Å². The Morgan fingerprint density at radius 1 is 1.53 bits per heavy atom. The number of hydrogen-bond donors (Lipinski definition) is 4. The van der Waals surface area contributed by atoms with E-state index in [0.29, 0.717) is 18.3 Å². The zero-order chi connectivity index (χ0) is 12.1. The molecular formula is C12H17N3O2. The minimum absolute atomic E-state index is 0.139. The predicted molar refractivity (Wildman–Crippen MR) is 66.2 cm³/mol. The standard InChI is InChI=1S/C12H17N3O2/c16-11-5-1-3-9(7-11)15-12(17)14-8-10-4-2-6-13-10/h1,3,5,7,10,13,16H,2,4,6,8H2,(H2,14,15,17). The van der Waals surface area contributed by atoms with E-state index in [2.05, 4.69) is 16.0 Å². The first-order valence-corrected chi connectivity index (χ1v) is 5.81. The maximum atomic E-state index is 11.5. The molecule has 1 aromatic carbocycles. The van der Waals surface area contributed by atoms with Crippen molar-refractivity contribution in [1.29, 1.82) is 0 Å². The fourth-order valence-electron chi connectivity index (χ4n) is 1.91. The average molecular weight is 235 g/mol. The first kappa shape index (κ1) is 11.7.